The zero-order valence-corrected chi connectivity index (χ0v) is 20.4. The topological polar surface area (TPSA) is 135 Å². The molecule has 1 saturated heterocycles. The number of furan rings is 1. The highest BCUT2D eigenvalue weighted by Gasteiger charge is 2.17. The third-order valence-electron chi connectivity index (χ3n) is 5.70. The maximum atomic E-state index is 11.1. The molecule has 0 bridgehead atoms. The van der Waals surface area contributed by atoms with Gasteiger partial charge in [0.25, 0.3) is 5.69 Å². The maximum Gasteiger partial charge on any atom is 0.270 e. The first-order valence-electron chi connectivity index (χ1n) is 11.7. The van der Waals surface area contributed by atoms with Gasteiger partial charge in [0.15, 0.2) is 0 Å². The van der Waals surface area contributed by atoms with Gasteiger partial charge in [-0.3, -0.25) is 10.1 Å². The van der Waals surface area contributed by atoms with Gasteiger partial charge in [0.1, 0.15) is 11.5 Å². The van der Waals surface area contributed by atoms with Crippen molar-refractivity contribution in [3.05, 3.63) is 81.6 Å². The smallest absolute Gasteiger partial charge is 0.270 e. The molecule has 1 aliphatic rings. The predicted molar refractivity (Wildman–Crippen MR) is 143 cm³/mol. The van der Waals surface area contributed by atoms with Gasteiger partial charge in [0, 0.05) is 36.5 Å². The first-order valence-corrected chi connectivity index (χ1v) is 12.1. The average molecular weight is 519 g/mol. The van der Waals surface area contributed by atoms with Crippen LogP contribution in [0.25, 0.3) is 11.3 Å². The summed E-state index contributed by atoms with van der Waals surface area (Å²) in [6, 6.07) is 17.2. The van der Waals surface area contributed by atoms with Crippen molar-refractivity contribution in [3.8, 4) is 11.3 Å². The van der Waals surface area contributed by atoms with Crippen LogP contribution in [0.1, 0.15) is 25.0 Å². The van der Waals surface area contributed by atoms with E-state index >= 15 is 0 Å². The summed E-state index contributed by atoms with van der Waals surface area (Å²) in [5.41, 5.74) is 4.05. The Morgan fingerprint density at radius 2 is 1.78 bits per heavy atom. The number of piperidine rings is 1. The fourth-order valence-electron chi connectivity index (χ4n) is 3.89. The molecule has 4 aromatic rings. The highest BCUT2D eigenvalue weighted by Crippen LogP contribution is 2.32. The molecule has 11 nitrogen and oxygen atoms in total. The van der Waals surface area contributed by atoms with Crippen LogP contribution in [0.5, 0.6) is 0 Å². The molecule has 0 spiro atoms. The van der Waals surface area contributed by atoms with Gasteiger partial charge in [-0.1, -0.05) is 29.8 Å². The van der Waals surface area contributed by atoms with Crippen molar-refractivity contribution in [2.45, 2.75) is 19.3 Å². The molecule has 37 heavy (non-hydrogen) atoms. The Morgan fingerprint density at radius 3 is 2.57 bits per heavy atom. The number of non-ortho nitro benzene ring substituents is 1. The average Bonchev–Trinajstić information content (AvgIpc) is 3.38. The van der Waals surface area contributed by atoms with Gasteiger partial charge in [0.2, 0.25) is 17.8 Å². The van der Waals surface area contributed by atoms with Crippen LogP contribution < -0.4 is 15.6 Å². The number of anilines is 4. The first-order chi connectivity index (χ1) is 18.0. The van der Waals surface area contributed by atoms with E-state index in [0.29, 0.717) is 34.0 Å². The van der Waals surface area contributed by atoms with Crippen LogP contribution in [0.15, 0.2) is 70.2 Å². The number of nitro groups is 1. The minimum atomic E-state index is -0.483. The van der Waals surface area contributed by atoms with Crippen LogP contribution in [0.3, 0.4) is 0 Å². The lowest BCUT2D eigenvalue weighted by atomic mass is 10.1. The number of hydrazone groups is 1. The predicted octanol–water partition coefficient (Wildman–Crippen LogP) is 5.87. The summed E-state index contributed by atoms with van der Waals surface area (Å²) in [6.45, 7) is 1.76. The van der Waals surface area contributed by atoms with E-state index in [1.54, 1.807) is 12.1 Å². The molecular formula is C25H23ClN8O3. The number of benzene rings is 2. The van der Waals surface area contributed by atoms with Gasteiger partial charge < -0.3 is 14.6 Å². The molecule has 0 aliphatic carbocycles. The lowest BCUT2D eigenvalue weighted by Gasteiger charge is -2.26. The zero-order chi connectivity index (χ0) is 25.6. The molecule has 5 rings (SSSR count). The monoisotopic (exact) mass is 518 g/mol. The molecule has 2 N–H and O–H groups in total. The number of nitrogens with zero attached hydrogens (tertiary/aromatic N) is 6. The summed E-state index contributed by atoms with van der Waals surface area (Å²) in [4.78, 5) is 26.4. The summed E-state index contributed by atoms with van der Waals surface area (Å²) in [5.74, 6) is 2.06. The molecule has 3 heterocycles. The Morgan fingerprint density at radius 1 is 1.00 bits per heavy atom. The summed E-state index contributed by atoms with van der Waals surface area (Å²) in [6.07, 6.45) is 4.83. The highest BCUT2D eigenvalue weighted by atomic mass is 35.5. The minimum Gasteiger partial charge on any atom is -0.455 e. The Labute approximate surface area is 217 Å². The summed E-state index contributed by atoms with van der Waals surface area (Å²) < 4.78 is 5.77. The lowest BCUT2D eigenvalue weighted by Crippen LogP contribution is -2.31. The van der Waals surface area contributed by atoms with Gasteiger partial charge in [-0.15, -0.1) is 0 Å². The van der Waals surface area contributed by atoms with E-state index in [2.05, 4.69) is 35.7 Å². The van der Waals surface area contributed by atoms with E-state index < -0.39 is 4.92 Å². The largest absolute Gasteiger partial charge is 0.455 e. The Hall–Kier alpha value is -4.51. The number of hydrogen-bond acceptors (Lipinski definition) is 10. The number of rotatable bonds is 8. The van der Waals surface area contributed by atoms with Crippen LogP contribution in [-0.2, 0) is 0 Å². The van der Waals surface area contributed by atoms with Gasteiger partial charge in [-0.2, -0.15) is 20.1 Å². The minimum absolute atomic E-state index is 0.0769. The van der Waals surface area contributed by atoms with Crippen LogP contribution in [-0.4, -0.2) is 39.2 Å². The fraction of sp³-hybridized carbons (Fsp3) is 0.200. The maximum absolute atomic E-state index is 11.1. The number of hydrogen-bond donors (Lipinski definition) is 2. The molecule has 2 aromatic carbocycles. The number of nitro benzene ring substituents is 1. The molecule has 188 valence electrons. The molecule has 1 fully saturated rings. The molecular weight excluding hydrogens is 496 g/mol. The second-order valence-corrected chi connectivity index (χ2v) is 8.72. The summed E-state index contributed by atoms with van der Waals surface area (Å²) in [7, 11) is 0. The molecule has 0 atom stereocenters. The van der Waals surface area contributed by atoms with Crippen molar-refractivity contribution in [1.82, 2.24) is 15.0 Å². The molecule has 0 saturated carbocycles. The molecule has 0 radical (unpaired) electrons. The van der Waals surface area contributed by atoms with Crippen molar-refractivity contribution in [2.24, 2.45) is 5.10 Å². The van der Waals surface area contributed by atoms with Gasteiger partial charge in [-0.25, -0.2) is 5.43 Å². The fourth-order valence-corrected chi connectivity index (χ4v) is 4.10. The third kappa shape index (κ3) is 6.01. The van der Waals surface area contributed by atoms with Crippen LogP contribution in [0, 0.1) is 10.1 Å². The van der Waals surface area contributed by atoms with E-state index in [9.17, 15) is 10.1 Å². The van der Waals surface area contributed by atoms with Crippen LogP contribution in [0.2, 0.25) is 5.02 Å². The lowest BCUT2D eigenvalue weighted by molar-refractivity contribution is -0.384. The Balaban J connectivity index is 1.35. The highest BCUT2D eigenvalue weighted by molar-refractivity contribution is 6.33. The SMILES string of the molecule is O=[N+]([O-])c1ccc(Cl)c(-c2ccc(/C=N\Nc3nc(Nc4ccccc4)nc(N4CCCCC4)n3)o2)c1. The van der Waals surface area contributed by atoms with Gasteiger partial charge >= 0.3 is 0 Å². The number of aromatic nitrogens is 3. The third-order valence-corrected chi connectivity index (χ3v) is 6.03. The van der Waals surface area contributed by atoms with Gasteiger partial charge in [0.05, 0.1) is 16.2 Å². The number of halogens is 1. The second-order valence-electron chi connectivity index (χ2n) is 8.31. The summed E-state index contributed by atoms with van der Waals surface area (Å²) in [5, 5.41) is 18.9. The van der Waals surface area contributed by atoms with Crippen LogP contribution in [0.4, 0.5) is 29.2 Å². The van der Waals surface area contributed by atoms with E-state index in [1.807, 2.05) is 30.3 Å². The number of para-hydroxylation sites is 1. The van der Waals surface area contributed by atoms with Crippen molar-refractivity contribution in [2.75, 3.05) is 28.7 Å². The van der Waals surface area contributed by atoms with Gasteiger partial charge in [-0.05, 0) is 49.6 Å². The Kier molecular flexibility index (Phi) is 7.22. The molecule has 2 aromatic heterocycles. The van der Waals surface area contributed by atoms with Crippen molar-refractivity contribution >= 4 is 47.0 Å². The second kappa shape index (κ2) is 11.0. The van der Waals surface area contributed by atoms with E-state index in [4.69, 9.17) is 16.0 Å². The summed E-state index contributed by atoms with van der Waals surface area (Å²) >= 11 is 6.22. The molecule has 0 amide bonds. The van der Waals surface area contributed by atoms with Crippen molar-refractivity contribution < 1.29 is 9.34 Å². The molecule has 1 aliphatic heterocycles. The van der Waals surface area contributed by atoms with Crippen LogP contribution >= 0.6 is 11.6 Å². The van der Waals surface area contributed by atoms with E-state index in [0.717, 1.165) is 31.6 Å². The van der Waals surface area contributed by atoms with E-state index in [1.165, 1.54) is 30.8 Å². The van der Waals surface area contributed by atoms with E-state index in [-0.39, 0.29) is 11.6 Å². The zero-order valence-electron chi connectivity index (χ0n) is 19.7. The number of nitrogens with one attached hydrogen (secondary N) is 2. The Bertz CT molecular complexity index is 1420. The standard InChI is InChI=1S/C25H23ClN8O3/c26-21-11-9-18(34(35)36)15-20(21)22-12-10-19(37-22)16-27-32-24-29-23(28-17-7-3-1-4-8-17)30-25(31-24)33-13-5-2-6-14-33/h1,3-4,7-12,15-16H,2,5-6,13-14H2,(H2,28,29,30,31,32)/b27-16-. The van der Waals surface area contributed by atoms with Crippen molar-refractivity contribution in [3.63, 3.8) is 0 Å². The molecule has 0 unspecified atom stereocenters. The van der Waals surface area contributed by atoms with Crippen molar-refractivity contribution in [1.29, 1.82) is 0 Å². The quantitative estimate of drug-likeness (QED) is 0.167. The normalized spacial score (nSPS) is 13.6. The molecule has 12 heteroatoms. The first kappa shape index (κ1) is 24.2.